The van der Waals surface area contributed by atoms with Gasteiger partial charge in [0.1, 0.15) is 0 Å². The van der Waals surface area contributed by atoms with Crippen LogP contribution in [0.25, 0.3) is 0 Å². The zero-order valence-corrected chi connectivity index (χ0v) is 9.82. The van der Waals surface area contributed by atoms with Crippen LogP contribution in [0.5, 0.6) is 0 Å². The largest absolute Gasteiger partial charge is 0.475 e. The number of nitrogens with zero attached hydrogens (tertiary/aromatic N) is 1. The van der Waals surface area contributed by atoms with Gasteiger partial charge in [-0.3, -0.25) is 0 Å². The zero-order chi connectivity index (χ0) is 12.3. The summed E-state index contributed by atoms with van der Waals surface area (Å²) in [5, 5.41) is 8.29. The predicted octanol–water partition coefficient (Wildman–Crippen LogP) is 0.313. The van der Waals surface area contributed by atoms with Crippen molar-refractivity contribution >= 4 is 15.8 Å². The molecule has 0 atom stereocenters. The SMILES string of the molecule is CN(C)CCS(=O)(=O)c1ccc(C(=O)O)o1. The van der Waals surface area contributed by atoms with Gasteiger partial charge in [-0.1, -0.05) is 0 Å². The Kier molecular flexibility index (Phi) is 3.71. The number of rotatable bonds is 5. The Morgan fingerprint density at radius 2 is 2.06 bits per heavy atom. The van der Waals surface area contributed by atoms with E-state index in [1.54, 1.807) is 19.0 Å². The van der Waals surface area contributed by atoms with Crippen LogP contribution in [0.15, 0.2) is 21.6 Å². The van der Waals surface area contributed by atoms with Crippen molar-refractivity contribution in [2.45, 2.75) is 5.09 Å². The third-order valence-corrected chi connectivity index (χ3v) is 3.46. The number of carbonyl (C=O) groups is 1. The van der Waals surface area contributed by atoms with Crippen molar-refractivity contribution in [2.75, 3.05) is 26.4 Å². The molecule has 1 rings (SSSR count). The van der Waals surface area contributed by atoms with Crippen LogP contribution in [-0.4, -0.2) is 50.8 Å². The molecule has 0 amide bonds. The normalized spacial score (nSPS) is 11.9. The van der Waals surface area contributed by atoms with Crippen LogP contribution in [-0.2, 0) is 9.84 Å². The van der Waals surface area contributed by atoms with E-state index in [2.05, 4.69) is 0 Å². The van der Waals surface area contributed by atoms with Crippen LogP contribution >= 0.6 is 0 Å². The van der Waals surface area contributed by atoms with Crippen molar-refractivity contribution in [2.24, 2.45) is 0 Å². The minimum absolute atomic E-state index is 0.105. The van der Waals surface area contributed by atoms with Crippen molar-refractivity contribution in [1.29, 1.82) is 0 Å². The molecule has 0 aliphatic heterocycles. The lowest BCUT2D eigenvalue weighted by molar-refractivity contribution is 0.0656. The molecule has 0 aromatic carbocycles. The van der Waals surface area contributed by atoms with E-state index in [1.165, 1.54) is 0 Å². The van der Waals surface area contributed by atoms with Gasteiger partial charge in [0, 0.05) is 6.54 Å². The summed E-state index contributed by atoms with van der Waals surface area (Å²) in [6.45, 7) is 0.353. The molecule has 6 nitrogen and oxygen atoms in total. The summed E-state index contributed by atoms with van der Waals surface area (Å²) in [7, 11) is -0.0390. The first-order chi connectivity index (χ1) is 7.33. The summed E-state index contributed by atoms with van der Waals surface area (Å²) in [4.78, 5) is 12.2. The van der Waals surface area contributed by atoms with Crippen LogP contribution in [0.3, 0.4) is 0 Å². The highest BCUT2D eigenvalue weighted by atomic mass is 32.2. The van der Waals surface area contributed by atoms with E-state index in [4.69, 9.17) is 9.52 Å². The Hall–Kier alpha value is -1.34. The van der Waals surface area contributed by atoms with Gasteiger partial charge < -0.3 is 14.4 Å². The second-order valence-electron chi connectivity index (χ2n) is 3.55. The summed E-state index contributed by atoms with van der Waals surface area (Å²) < 4.78 is 28.1. The summed E-state index contributed by atoms with van der Waals surface area (Å²) in [6, 6.07) is 2.29. The van der Waals surface area contributed by atoms with Crippen LogP contribution in [0.2, 0.25) is 0 Å². The summed E-state index contributed by atoms with van der Waals surface area (Å²) >= 11 is 0. The van der Waals surface area contributed by atoms with E-state index in [0.29, 0.717) is 6.54 Å². The third kappa shape index (κ3) is 3.07. The smallest absolute Gasteiger partial charge is 0.371 e. The van der Waals surface area contributed by atoms with Gasteiger partial charge in [0.25, 0.3) is 0 Å². The van der Waals surface area contributed by atoms with Crippen LogP contribution in [0, 0.1) is 0 Å². The molecule has 0 unspecified atom stereocenters. The van der Waals surface area contributed by atoms with Gasteiger partial charge in [0.2, 0.25) is 20.7 Å². The maximum Gasteiger partial charge on any atom is 0.371 e. The second-order valence-corrected chi connectivity index (χ2v) is 5.59. The molecule has 0 bridgehead atoms. The van der Waals surface area contributed by atoms with E-state index in [9.17, 15) is 13.2 Å². The number of furan rings is 1. The highest BCUT2D eigenvalue weighted by Crippen LogP contribution is 2.15. The molecular weight excluding hydrogens is 234 g/mol. The van der Waals surface area contributed by atoms with Gasteiger partial charge in [-0.05, 0) is 26.2 Å². The standard InChI is InChI=1S/C9H13NO5S/c1-10(2)5-6-16(13,14)8-4-3-7(15-8)9(11)12/h3-4H,5-6H2,1-2H3,(H,11,12). The number of aromatic carboxylic acids is 1. The monoisotopic (exact) mass is 247 g/mol. The first-order valence-electron chi connectivity index (χ1n) is 4.53. The van der Waals surface area contributed by atoms with Gasteiger partial charge >= 0.3 is 5.97 Å². The molecule has 0 saturated carbocycles. The lowest BCUT2D eigenvalue weighted by Gasteiger charge is -2.08. The van der Waals surface area contributed by atoms with Gasteiger partial charge in [-0.25, -0.2) is 13.2 Å². The fraction of sp³-hybridized carbons (Fsp3) is 0.444. The molecule has 0 radical (unpaired) electrons. The van der Waals surface area contributed by atoms with E-state index < -0.39 is 15.8 Å². The molecule has 90 valence electrons. The average Bonchev–Trinajstić information content (AvgIpc) is 2.64. The van der Waals surface area contributed by atoms with Crippen molar-refractivity contribution < 1.29 is 22.7 Å². The van der Waals surface area contributed by atoms with E-state index in [-0.39, 0.29) is 16.6 Å². The number of carboxylic acids is 1. The van der Waals surface area contributed by atoms with Crippen molar-refractivity contribution in [1.82, 2.24) is 4.90 Å². The Balaban J connectivity index is 2.86. The molecule has 0 spiro atoms. The number of hydrogen-bond donors (Lipinski definition) is 1. The summed E-state index contributed by atoms with van der Waals surface area (Å²) in [5.74, 6) is -1.76. The Morgan fingerprint density at radius 1 is 1.44 bits per heavy atom. The quantitative estimate of drug-likeness (QED) is 0.805. The maximum atomic E-state index is 11.7. The van der Waals surface area contributed by atoms with Crippen LogP contribution < -0.4 is 0 Å². The molecule has 1 aromatic rings. The summed E-state index contributed by atoms with van der Waals surface area (Å²) in [5.41, 5.74) is 0. The molecule has 1 aromatic heterocycles. The Bertz CT molecular complexity index is 474. The molecule has 7 heteroatoms. The first kappa shape index (κ1) is 12.7. The zero-order valence-electron chi connectivity index (χ0n) is 9.00. The van der Waals surface area contributed by atoms with Crippen LogP contribution in [0.4, 0.5) is 0 Å². The highest BCUT2D eigenvalue weighted by Gasteiger charge is 2.20. The highest BCUT2D eigenvalue weighted by molar-refractivity contribution is 7.91. The fourth-order valence-corrected chi connectivity index (χ4v) is 2.30. The third-order valence-electron chi connectivity index (χ3n) is 1.91. The second kappa shape index (κ2) is 4.67. The molecule has 0 saturated heterocycles. The maximum absolute atomic E-state index is 11.7. The molecule has 0 aliphatic rings. The van der Waals surface area contributed by atoms with E-state index in [1.807, 2.05) is 0 Å². The average molecular weight is 247 g/mol. The summed E-state index contributed by atoms with van der Waals surface area (Å²) in [6.07, 6.45) is 0. The van der Waals surface area contributed by atoms with Gasteiger partial charge in [0.15, 0.2) is 0 Å². The lowest BCUT2D eigenvalue weighted by atomic mass is 10.5. The molecule has 0 aliphatic carbocycles. The van der Waals surface area contributed by atoms with E-state index >= 15 is 0 Å². The number of hydrogen-bond acceptors (Lipinski definition) is 5. The fourth-order valence-electron chi connectivity index (χ4n) is 1.01. The molecule has 0 fully saturated rings. The molecule has 16 heavy (non-hydrogen) atoms. The van der Waals surface area contributed by atoms with Crippen molar-refractivity contribution in [3.05, 3.63) is 17.9 Å². The van der Waals surface area contributed by atoms with Gasteiger partial charge in [-0.2, -0.15) is 0 Å². The van der Waals surface area contributed by atoms with Crippen molar-refractivity contribution in [3.63, 3.8) is 0 Å². The minimum atomic E-state index is -3.54. The van der Waals surface area contributed by atoms with Gasteiger partial charge in [0.05, 0.1) is 5.75 Å². The molecule has 1 N–H and O–H groups in total. The van der Waals surface area contributed by atoms with E-state index in [0.717, 1.165) is 12.1 Å². The minimum Gasteiger partial charge on any atom is -0.475 e. The lowest BCUT2D eigenvalue weighted by Crippen LogP contribution is -2.21. The first-order valence-corrected chi connectivity index (χ1v) is 6.19. The van der Waals surface area contributed by atoms with Crippen LogP contribution in [0.1, 0.15) is 10.6 Å². The predicted molar refractivity (Wildman–Crippen MR) is 56.3 cm³/mol. The van der Waals surface area contributed by atoms with Crippen molar-refractivity contribution in [3.8, 4) is 0 Å². The molecule has 1 heterocycles. The van der Waals surface area contributed by atoms with Gasteiger partial charge in [-0.15, -0.1) is 0 Å². The Morgan fingerprint density at radius 3 is 2.50 bits per heavy atom. The Labute approximate surface area is 93.4 Å². The number of carboxylic acid groups (broad SMARTS) is 1. The topological polar surface area (TPSA) is 87.8 Å². The number of sulfone groups is 1. The molecular formula is C9H13NO5S.